The number of benzene rings is 1. The van der Waals surface area contributed by atoms with Crippen LogP contribution in [0, 0.1) is 0 Å². The summed E-state index contributed by atoms with van der Waals surface area (Å²) in [6, 6.07) is 9.38. The van der Waals surface area contributed by atoms with Gasteiger partial charge >= 0.3 is 0 Å². The third-order valence-corrected chi connectivity index (χ3v) is 6.86. The van der Waals surface area contributed by atoms with Crippen molar-refractivity contribution in [3.05, 3.63) is 46.2 Å². The highest BCUT2D eigenvalue weighted by atomic mass is 32.2. The summed E-state index contributed by atoms with van der Waals surface area (Å²) in [4.78, 5) is 1.23. The Kier molecular flexibility index (Phi) is 3.77. The summed E-state index contributed by atoms with van der Waals surface area (Å²) >= 11 is 1.39. The Morgan fingerprint density at radius 3 is 2.86 bits per heavy atom. The molecule has 2 N–H and O–H groups in total. The topological polar surface area (TPSA) is 63.4 Å². The van der Waals surface area contributed by atoms with Crippen LogP contribution in [0.4, 0.5) is 5.69 Å². The van der Waals surface area contributed by atoms with Crippen LogP contribution in [-0.4, -0.2) is 14.5 Å². The molecule has 1 aliphatic rings. The van der Waals surface area contributed by atoms with Gasteiger partial charge in [-0.25, -0.2) is 8.42 Å². The Morgan fingerprint density at radius 2 is 2.14 bits per heavy atom. The van der Waals surface area contributed by atoms with Gasteiger partial charge in [-0.05, 0) is 37.5 Å². The number of hydrogen-bond donors (Lipinski definition) is 1. The van der Waals surface area contributed by atoms with Gasteiger partial charge in [-0.1, -0.05) is 18.2 Å². The first-order chi connectivity index (χ1) is 10.0. The molecule has 0 fully saturated rings. The van der Waals surface area contributed by atoms with Gasteiger partial charge in [0, 0.05) is 22.8 Å². The molecule has 0 spiro atoms. The van der Waals surface area contributed by atoms with Gasteiger partial charge in [-0.2, -0.15) is 0 Å². The van der Waals surface area contributed by atoms with E-state index in [-0.39, 0.29) is 6.04 Å². The summed E-state index contributed by atoms with van der Waals surface area (Å²) in [7, 11) is -3.53. The second-order valence-electron chi connectivity index (χ2n) is 5.27. The van der Waals surface area contributed by atoms with Gasteiger partial charge < -0.3 is 5.73 Å². The predicted molar refractivity (Wildman–Crippen MR) is 86.1 cm³/mol. The highest BCUT2D eigenvalue weighted by Crippen LogP contribution is 2.36. The summed E-state index contributed by atoms with van der Waals surface area (Å²) in [5, 5.41) is 1.68. The summed E-state index contributed by atoms with van der Waals surface area (Å²) in [5.41, 5.74) is 7.48. The zero-order chi connectivity index (χ0) is 15.0. The molecule has 6 heteroatoms. The molecule has 2 aromatic rings. The fourth-order valence-corrected chi connectivity index (χ4v) is 5.61. The van der Waals surface area contributed by atoms with Crippen LogP contribution in [0.3, 0.4) is 0 Å². The number of rotatable bonds is 3. The van der Waals surface area contributed by atoms with E-state index < -0.39 is 10.0 Å². The minimum absolute atomic E-state index is 0.0360. The van der Waals surface area contributed by atoms with Gasteiger partial charge in [0.1, 0.15) is 0 Å². The molecule has 1 aromatic heterocycles. The van der Waals surface area contributed by atoms with Crippen LogP contribution in [-0.2, 0) is 23.0 Å². The van der Waals surface area contributed by atoms with Crippen molar-refractivity contribution in [3.8, 4) is 0 Å². The smallest absolute Gasteiger partial charge is 0.265 e. The Bertz CT molecular complexity index is 753. The Balaban J connectivity index is 2.09. The van der Waals surface area contributed by atoms with Crippen LogP contribution < -0.4 is 10.0 Å². The van der Waals surface area contributed by atoms with Crippen molar-refractivity contribution in [1.29, 1.82) is 0 Å². The SMILES string of the molecule is CC1CCc2ccccc2N1S(=O)(=O)c1csc(CN)c1. The van der Waals surface area contributed by atoms with E-state index in [1.807, 2.05) is 31.2 Å². The first-order valence-electron chi connectivity index (χ1n) is 6.94. The molecule has 0 amide bonds. The van der Waals surface area contributed by atoms with Crippen molar-refractivity contribution >= 4 is 27.0 Å². The van der Waals surface area contributed by atoms with Crippen molar-refractivity contribution in [2.24, 2.45) is 5.73 Å². The lowest BCUT2D eigenvalue weighted by Gasteiger charge is -2.35. The zero-order valence-electron chi connectivity index (χ0n) is 11.8. The van der Waals surface area contributed by atoms with E-state index in [1.54, 1.807) is 15.8 Å². The van der Waals surface area contributed by atoms with E-state index in [0.29, 0.717) is 11.4 Å². The van der Waals surface area contributed by atoms with Crippen molar-refractivity contribution in [1.82, 2.24) is 0 Å². The molecular formula is C15H18N2O2S2. The summed E-state index contributed by atoms with van der Waals surface area (Å²) in [5.74, 6) is 0. The van der Waals surface area contributed by atoms with Crippen molar-refractivity contribution < 1.29 is 8.42 Å². The van der Waals surface area contributed by atoms with Crippen LogP contribution in [0.15, 0.2) is 40.6 Å². The van der Waals surface area contributed by atoms with Crippen LogP contribution in [0.25, 0.3) is 0 Å². The first kappa shape index (κ1) is 14.6. The van der Waals surface area contributed by atoms with E-state index in [9.17, 15) is 8.42 Å². The highest BCUT2D eigenvalue weighted by Gasteiger charge is 2.34. The maximum atomic E-state index is 13.0. The normalized spacial score (nSPS) is 18.6. The molecule has 112 valence electrons. The number of aryl methyl sites for hydroxylation is 1. The van der Waals surface area contributed by atoms with Crippen LogP contribution in [0.2, 0.25) is 0 Å². The maximum Gasteiger partial charge on any atom is 0.265 e. The molecule has 1 atom stereocenters. The molecule has 1 aliphatic heterocycles. The van der Waals surface area contributed by atoms with E-state index in [4.69, 9.17) is 5.73 Å². The molecule has 4 nitrogen and oxygen atoms in total. The van der Waals surface area contributed by atoms with E-state index >= 15 is 0 Å². The van der Waals surface area contributed by atoms with Crippen molar-refractivity contribution in [3.63, 3.8) is 0 Å². The van der Waals surface area contributed by atoms with Crippen LogP contribution in [0.1, 0.15) is 23.8 Å². The standard InChI is InChI=1S/C15H18N2O2S2/c1-11-6-7-12-4-2-3-5-15(12)17(11)21(18,19)14-8-13(9-16)20-10-14/h2-5,8,10-11H,6-7,9,16H2,1H3. The van der Waals surface area contributed by atoms with Crippen LogP contribution >= 0.6 is 11.3 Å². The predicted octanol–water partition coefficient (Wildman–Crippen LogP) is 2.74. The number of hydrogen-bond acceptors (Lipinski definition) is 4. The quantitative estimate of drug-likeness (QED) is 0.945. The molecule has 0 radical (unpaired) electrons. The Hall–Kier alpha value is -1.37. The average Bonchev–Trinajstić information content (AvgIpc) is 2.96. The number of para-hydroxylation sites is 1. The third-order valence-electron chi connectivity index (χ3n) is 3.85. The second-order valence-corrected chi connectivity index (χ2v) is 8.08. The fraction of sp³-hybridized carbons (Fsp3) is 0.333. The minimum atomic E-state index is -3.53. The lowest BCUT2D eigenvalue weighted by Crippen LogP contribution is -2.41. The summed E-state index contributed by atoms with van der Waals surface area (Å²) < 4.78 is 27.5. The summed E-state index contributed by atoms with van der Waals surface area (Å²) in [6.07, 6.45) is 1.76. The van der Waals surface area contributed by atoms with Gasteiger partial charge in [0.25, 0.3) is 10.0 Å². The minimum Gasteiger partial charge on any atom is -0.326 e. The number of sulfonamides is 1. The molecule has 2 heterocycles. The van der Waals surface area contributed by atoms with Crippen molar-refractivity contribution in [2.45, 2.75) is 37.2 Å². The number of nitrogens with zero attached hydrogens (tertiary/aromatic N) is 1. The molecule has 21 heavy (non-hydrogen) atoms. The molecule has 1 aromatic carbocycles. The molecule has 3 rings (SSSR count). The Morgan fingerprint density at radius 1 is 1.38 bits per heavy atom. The molecule has 0 bridgehead atoms. The van der Waals surface area contributed by atoms with E-state index in [2.05, 4.69) is 0 Å². The van der Waals surface area contributed by atoms with Gasteiger partial charge in [0.2, 0.25) is 0 Å². The fourth-order valence-electron chi connectivity index (χ4n) is 2.74. The monoisotopic (exact) mass is 322 g/mol. The van der Waals surface area contributed by atoms with E-state index in [1.165, 1.54) is 11.3 Å². The number of anilines is 1. The first-order valence-corrected chi connectivity index (χ1v) is 9.26. The third kappa shape index (κ3) is 2.47. The average molecular weight is 322 g/mol. The lowest BCUT2D eigenvalue weighted by molar-refractivity contribution is 0.563. The van der Waals surface area contributed by atoms with Gasteiger partial charge in [0.05, 0.1) is 10.6 Å². The Labute approximate surface area is 129 Å². The van der Waals surface area contributed by atoms with Crippen molar-refractivity contribution in [2.75, 3.05) is 4.31 Å². The molecule has 0 saturated carbocycles. The second kappa shape index (κ2) is 5.44. The molecular weight excluding hydrogens is 304 g/mol. The highest BCUT2D eigenvalue weighted by molar-refractivity contribution is 7.93. The van der Waals surface area contributed by atoms with Crippen LogP contribution in [0.5, 0.6) is 0 Å². The van der Waals surface area contributed by atoms with Gasteiger partial charge in [-0.15, -0.1) is 11.3 Å². The molecule has 0 aliphatic carbocycles. The number of thiophene rings is 1. The number of nitrogens with two attached hydrogens (primary N) is 1. The largest absolute Gasteiger partial charge is 0.326 e. The molecule has 0 saturated heterocycles. The zero-order valence-corrected chi connectivity index (χ0v) is 13.5. The lowest BCUT2D eigenvalue weighted by atomic mass is 9.99. The number of fused-ring (bicyclic) bond motifs is 1. The molecule has 1 unspecified atom stereocenters. The van der Waals surface area contributed by atoms with Gasteiger partial charge in [-0.3, -0.25) is 4.31 Å². The maximum absolute atomic E-state index is 13.0. The van der Waals surface area contributed by atoms with Gasteiger partial charge in [0.15, 0.2) is 0 Å². The van der Waals surface area contributed by atoms with E-state index in [0.717, 1.165) is 29.0 Å². The summed E-state index contributed by atoms with van der Waals surface area (Å²) in [6.45, 7) is 2.33.